The second-order valence-electron chi connectivity index (χ2n) is 5.36. The average Bonchev–Trinajstić information content (AvgIpc) is 2.54. The quantitative estimate of drug-likeness (QED) is 0.803. The number of piperidine rings is 1. The van der Waals surface area contributed by atoms with Gasteiger partial charge in [0.2, 0.25) is 15.9 Å². The van der Waals surface area contributed by atoms with E-state index in [4.69, 9.17) is 0 Å². The lowest BCUT2D eigenvalue weighted by molar-refractivity contribution is -0.120. The minimum atomic E-state index is -3.11. The number of nitrogens with zero attached hydrogens (tertiary/aromatic N) is 1. The number of halogens is 1. The maximum absolute atomic E-state index is 11.9. The molecule has 130 valence electrons. The average molecular weight is 362 g/mol. The number of sulfonamides is 1. The fraction of sp³-hybridized carbons (Fsp3) is 0.533. The summed E-state index contributed by atoms with van der Waals surface area (Å²) in [6, 6.07) is 9.59. The highest BCUT2D eigenvalue weighted by atomic mass is 35.5. The van der Waals surface area contributed by atoms with Gasteiger partial charge in [-0.1, -0.05) is 18.2 Å². The molecule has 8 heteroatoms. The molecular formula is C15H24ClN3O3S. The molecule has 1 aliphatic rings. The number of carbonyl (C=O) groups excluding carboxylic acids is 1. The number of para-hydroxylation sites is 1. The summed E-state index contributed by atoms with van der Waals surface area (Å²) >= 11 is 0. The summed E-state index contributed by atoms with van der Waals surface area (Å²) in [6.45, 7) is 2.83. The van der Waals surface area contributed by atoms with E-state index < -0.39 is 10.0 Å². The van der Waals surface area contributed by atoms with Crippen LogP contribution in [-0.4, -0.2) is 50.1 Å². The molecule has 0 saturated carbocycles. The van der Waals surface area contributed by atoms with Crippen molar-refractivity contribution in [2.45, 2.75) is 25.8 Å². The lowest BCUT2D eigenvalue weighted by Gasteiger charge is -2.31. The smallest absolute Gasteiger partial charge is 0.239 e. The van der Waals surface area contributed by atoms with Crippen molar-refractivity contribution >= 4 is 34.0 Å². The second-order valence-corrected chi connectivity index (χ2v) is 7.62. The zero-order valence-corrected chi connectivity index (χ0v) is 14.8. The Hall–Kier alpha value is -1.31. The van der Waals surface area contributed by atoms with Crippen LogP contribution in [0, 0.1) is 0 Å². The predicted molar refractivity (Wildman–Crippen MR) is 94.4 cm³/mol. The van der Waals surface area contributed by atoms with Crippen LogP contribution in [0.25, 0.3) is 0 Å². The van der Waals surface area contributed by atoms with Crippen LogP contribution < -0.4 is 10.6 Å². The van der Waals surface area contributed by atoms with E-state index in [9.17, 15) is 13.2 Å². The van der Waals surface area contributed by atoms with Gasteiger partial charge >= 0.3 is 0 Å². The van der Waals surface area contributed by atoms with E-state index in [2.05, 4.69) is 10.6 Å². The van der Waals surface area contributed by atoms with Crippen LogP contribution >= 0.6 is 12.4 Å². The van der Waals surface area contributed by atoms with Gasteiger partial charge in [-0.2, -0.15) is 0 Å². The maximum Gasteiger partial charge on any atom is 0.239 e. The topological polar surface area (TPSA) is 78.5 Å². The SMILES string of the molecule is CCS(=O)(=O)N1CCC(NC(=O)CNc2ccccc2)CC1.Cl. The van der Waals surface area contributed by atoms with Crippen molar-refractivity contribution in [1.82, 2.24) is 9.62 Å². The van der Waals surface area contributed by atoms with E-state index in [1.54, 1.807) is 6.92 Å². The van der Waals surface area contributed by atoms with Gasteiger partial charge in [0, 0.05) is 24.8 Å². The molecule has 0 radical (unpaired) electrons. The molecule has 1 heterocycles. The highest BCUT2D eigenvalue weighted by molar-refractivity contribution is 7.89. The number of hydrogen-bond acceptors (Lipinski definition) is 4. The summed E-state index contributed by atoms with van der Waals surface area (Å²) in [5.41, 5.74) is 0.904. The molecule has 1 fully saturated rings. The van der Waals surface area contributed by atoms with E-state index in [0.717, 1.165) is 5.69 Å². The first kappa shape index (κ1) is 19.7. The lowest BCUT2D eigenvalue weighted by atomic mass is 10.1. The first-order chi connectivity index (χ1) is 10.5. The Labute approximate surface area is 144 Å². The van der Waals surface area contributed by atoms with Crippen LogP contribution in [0.2, 0.25) is 0 Å². The maximum atomic E-state index is 11.9. The van der Waals surface area contributed by atoms with Gasteiger partial charge in [-0.25, -0.2) is 12.7 Å². The third-order valence-corrected chi connectivity index (χ3v) is 5.69. The van der Waals surface area contributed by atoms with E-state index >= 15 is 0 Å². The summed E-state index contributed by atoms with van der Waals surface area (Å²) in [7, 11) is -3.11. The van der Waals surface area contributed by atoms with Gasteiger partial charge < -0.3 is 10.6 Å². The molecule has 2 N–H and O–H groups in total. The molecule has 1 aliphatic heterocycles. The van der Waals surface area contributed by atoms with Crippen LogP contribution in [0.4, 0.5) is 5.69 Å². The van der Waals surface area contributed by atoms with Gasteiger partial charge in [-0.3, -0.25) is 4.79 Å². The number of nitrogens with one attached hydrogen (secondary N) is 2. The summed E-state index contributed by atoms with van der Waals surface area (Å²) in [4.78, 5) is 11.9. The summed E-state index contributed by atoms with van der Waals surface area (Å²) in [5, 5.41) is 6.01. The molecule has 1 aromatic rings. The standard InChI is InChI=1S/C15H23N3O3S.ClH/c1-2-22(20,21)18-10-8-14(9-11-18)17-15(19)12-16-13-6-4-3-5-7-13;/h3-7,14,16H,2,8-12H2,1H3,(H,17,19);1H. The molecule has 0 spiro atoms. The number of hydrogen-bond donors (Lipinski definition) is 2. The van der Waals surface area contributed by atoms with Crippen molar-refractivity contribution in [3.63, 3.8) is 0 Å². The molecule has 23 heavy (non-hydrogen) atoms. The van der Waals surface area contributed by atoms with Gasteiger partial charge in [0.1, 0.15) is 0 Å². The first-order valence-corrected chi connectivity index (χ1v) is 9.18. The molecule has 1 aromatic carbocycles. The van der Waals surface area contributed by atoms with Crippen LogP contribution in [0.3, 0.4) is 0 Å². The third-order valence-electron chi connectivity index (χ3n) is 3.80. The Bertz CT molecular complexity index is 587. The summed E-state index contributed by atoms with van der Waals surface area (Å²) in [6.07, 6.45) is 1.33. The van der Waals surface area contributed by atoms with E-state index in [-0.39, 0.29) is 36.7 Å². The number of amides is 1. The Morgan fingerprint density at radius 3 is 2.39 bits per heavy atom. The summed E-state index contributed by atoms with van der Waals surface area (Å²) < 4.78 is 25.1. The second kappa shape index (κ2) is 9.10. The van der Waals surface area contributed by atoms with E-state index in [1.807, 2.05) is 30.3 Å². The molecule has 0 unspecified atom stereocenters. The van der Waals surface area contributed by atoms with E-state index in [0.29, 0.717) is 25.9 Å². The molecule has 0 aliphatic carbocycles. The van der Waals surface area contributed by atoms with Crippen molar-refractivity contribution in [2.75, 3.05) is 30.7 Å². The highest BCUT2D eigenvalue weighted by Crippen LogP contribution is 2.14. The highest BCUT2D eigenvalue weighted by Gasteiger charge is 2.27. The number of benzene rings is 1. The Morgan fingerprint density at radius 2 is 1.83 bits per heavy atom. The van der Waals surface area contributed by atoms with Gasteiger partial charge in [0.25, 0.3) is 0 Å². The van der Waals surface area contributed by atoms with Crippen molar-refractivity contribution in [2.24, 2.45) is 0 Å². The molecule has 1 amide bonds. The fourth-order valence-electron chi connectivity index (χ4n) is 2.48. The Kier molecular flexibility index (Phi) is 7.81. The van der Waals surface area contributed by atoms with Crippen molar-refractivity contribution in [3.05, 3.63) is 30.3 Å². The van der Waals surface area contributed by atoms with Crippen LogP contribution in [0.5, 0.6) is 0 Å². The van der Waals surface area contributed by atoms with Crippen LogP contribution in [-0.2, 0) is 14.8 Å². The predicted octanol–water partition coefficient (Wildman–Crippen LogP) is 1.45. The minimum Gasteiger partial charge on any atom is -0.376 e. The molecule has 0 atom stereocenters. The monoisotopic (exact) mass is 361 g/mol. The largest absolute Gasteiger partial charge is 0.376 e. The van der Waals surface area contributed by atoms with E-state index in [1.165, 1.54) is 4.31 Å². The lowest BCUT2D eigenvalue weighted by Crippen LogP contribution is -2.47. The fourth-order valence-corrected chi connectivity index (χ4v) is 3.61. The third kappa shape index (κ3) is 6.01. The Balaban J connectivity index is 0.00000264. The zero-order valence-electron chi connectivity index (χ0n) is 13.2. The van der Waals surface area contributed by atoms with Crippen molar-refractivity contribution < 1.29 is 13.2 Å². The van der Waals surface area contributed by atoms with Crippen LogP contribution in [0.1, 0.15) is 19.8 Å². The number of carbonyl (C=O) groups is 1. The molecule has 2 rings (SSSR count). The van der Waals surface area contributed by atoms with Gasteiger partial charge in [0.15, 0.2) is 0 Å². The molecule has 0 bridgehead atoms. The molecule has 6 nitrogen and oxygen atoms in total. The number of anilines is 1. The summed E-state index contributed by atoms with van der Waals surface area (Å²) in [5.74, 6) is 0.0611. The van der Waals surface area contributed by atoms with Crippen LogP contribution in [0.15, 0.2) is 30.3 Å². The van der Waals surface area contributed by atoms with Gasteiger partial charge in [0.05, 0.1) is 12.3 Å². The normalized spacial score (nSPS) is 16.4. The van der Waals surface area contributed by atoms with Crippen molar-refractivity contribution in [3.8, 4) is 0 Å². The number of rotatable bonds is 6. The van der Waals surface area contributed by atoms with Gasteiger partial charge in [-0.05, 0) is 31.9 Å². The van der Waals surface area contributed by atoms with Gasteiger partial charge in [-0.15, -0.1) is 12.4 Å². The molecule has 0 aromatic heterocycles. The van der Waals surface area contributed by atoms with Crippen molar-refractivity contribution in [1.29, 1.82) is 0 Å². The Morgan fingerprint density at radius 1 is 1.22 bits per heavy atom. The minimum absolute atomic E-state index is 0. The zero-order chi connectivity index (χ0) is 16.0. The molecular weight excluding hydrogens is 338 g/mol. The molecule has 1 saturated heterocycles. The first-order valence-electron chi connectivity index (χ1n) is 7.57.